The highest BCUT2D eigenvalue weighted by Gasteiger charge is 2.16. The number of carbonyl (C=O) groups excluding carboxylic acids is 1. The van der Waals surface area contributed by atoms with Crippen molar-refractivity contribution in [3.05, 3.63) is 11.6 Å². The van der Waals surface area contributed by atoms with Crippen LogP contribution in [0.15, 0.2) is 11.6 Å². The summed E-state index contributed by atoms with van der Waals surface area (Å²) < 4.78 is 0. The first-order valence-corrected chi connectivity index (χ1v) is 7.97. The molecule has 0 fully saturated rings. The molecule has 4 nitrogen and oxygen atoms in total. The minimum absolute atomic E-state index is 0.0684. The van der Waals surface area contributed by atoms with E-state index >= 15 is 0 Å². The van der Waals surface area contributed by atoms with Gasteiger partial charge in [-0.05, 0) is 38.5 Å². The third-order valence-electron chi connectivity index (χ3n) is 3.22. The molecule has 108 valence electrons. The molecule has 0 radical (unpaired) electrons. The molecule has 0 bridgehead atoms. The van der Waals surface area contributed by atoms with Crippen molar-refractivity contribution in [2.75, 3.05) is 12.3 Å². The highest BCUT2D eigenvalue weighted by atomic mass is 32.2. The lowest BCUT2D eigenvalue weighted by molar-refractivity contribution is -0.136. The van der Waals surface area contributed by atoms with Gasteiger partial charge in [0.2, 0.25) is 5.91 Å². The van der Waals surface area contributed by atoms with Crippen LogP contribution in [0.3, 0.4) is 0 Å². The van der Waals surface area contributed by atoms with Crippen LogP contribution >= 0.6 is 11.8 Å². The first-order chi connectivity index (χ1) is 9.13. The van der Waals surface area contributed by atoms with Crippen LogP contribution in [0.4, 0.5) is 0 Å². The summed E-state index contributed by atoms with van der Waals surface area (Å²) in [6, 6.07) is 0. The van der Waals surface area contributed by atoms with Gasteiger partial charge in [-0.1, -0.05) is 18.6 Å². The van der Waals surface area contributed by atoms with Crippen LogP contribution in [0.5, 0.6) is 0 Å². The quantitative estimate of drug-likeness (QED) is 0.673. The third kappa shape index (κ3) is 6.66. The molecular formula is C14H23NO3S. The fourth-order valence-electron chi connectivity index (χ4n) is 2.09. The smallest absolute Gasteiger partial charge is 0.316 e. The number of hydrogen-bond donors (Lipinski definition) is 2. The number of aliphatic carboxylic acids is 1. The second-order valence-electron chi connectivity index (χ2n) is 4.75. The van der Waals surface area contributed by atoms with Crippen molar-refractivity contribution in [1.82, 2.24) is 5.32 Å². The van der Waals surface area contributed by atoms with E-state index in [0.717, 1.165) is 19.3 Å². The summed E-state index contributed by atoms with van der Waals surface area (Å²) in [5, 5.41) is 11.2. The number of thioether (sulfide) groups is 1. The van der Waals surface area contributed by atoms with E-state index in [1.54, 1.807) is 0 Å². The predicted octanol–water partition coefficient (Wildman–Crippen LogP) is 2.59. The molecule has 1 aliphatic rings. The Morgan fingerprint density at radius 2 is 2.26 bits per heavy atom. The van der Waals surface area contributed by atoms with Gasteiger partial charge in [0.05, 0.1) is 5.75 Å². The molecule has 5 heteroatoms. The minimum atomic E-state index is -0.840. The number of rotatable bonds is 8. The predicted molar refractivity (Wildman–Crippen MR) is 78.4 cm³/mol. The highest BCUT2D eigenvalue weighted by molar-refractivity contribution is 8.01. The lowest BCUT2D eigenvalue weighted by Crippen LogP contribution is -2.28. The normalized spacial score (nSPS) is 16.6. The van der Waals surface area contributed by atoms with Crippen molar-refractivity contribution >= 4 is 23.6 Å². The van der Waals surface area contributed by atoms with Crippen molar-refractivity contribution in [2.24, 2.45) is 0 Å². The zero-order chi connectivity index (χ0) is 14.1. The summed E-state index contributed by atoms with van der Waals surface area (Å²) in [4.78, 5) is 22.4. The second-order valence-corrected chi connectivity index (χ2v) is 5.95. The highest BCUT2D eigenvalue weighted by Crippen LogP contribution is 2.19. The van der Waals surface area contributed by atoms with Crippen LogP contribution in [-0.2, 0) is 9.59 Å². The van der Waals surface area contributed by atoms with Crippen molar-refractivity contribution in [3.8, 4) is 0 Å². The summed E-state index contributed by atoms with van der Waals surface area (Å²) >= 11 is 1.20. The average Bonchev–Trinajstić information content (AvgIpc) is 2.40. The Morgan fingerprint density at radius 1 is 1.47 bits per heavy atom. The van der Waals surface area contributed by atoms with E-state index < -0.39 is 11.2 Å². The van der Waals surface area contributed by atoms with Gasteiger partial charge in [-0.2, -0.15) is 0 Å². The van der Waals surface area contributed by atoms with Gasteiger partial charge in [0, 0.05) is 6.54 Å². The molecule has 1 atom stereocenters. The van der Waals surface area contributed by atoms with E-state index in [4.69, 9.17) is 5.11 Å². The molecule has 0 spiro atoms. The van der Waals surface area contributed by atoms with Crippen molar-refractivity contribution in [3.63, 3.8) is 0 Å². The number of amides is 1. The van der Waals surface area contributed by atoms with E-state index in [1.807, 2.05) is 6.92 Å². The Labute approximate surface area is 119 Å². The SMILES string of the molecule is CCC(SCC(=O)NCCC1=CCCCC1)C(=O)O. The molecule has 1 aliphatic carbocycles. The standard InChI is InChI=1S/C14H23NO3S/c1-2-12(14(17)18)19-10-13(16)15-9-8-11-6-4-3-5-7-11/h6,12H,2-5,7-10H2,1H3,(H,15,16)(H,17,18). The largest absolute Gasteiger partial charge is 0.480 e. The fourth-order valence-corrected chi connectivity index (χ4v) is 2.92. The van der Waals surface area contributed by atoms with Gasteiger partial charge in [-0.25, -0.2) is 0 Å². The number of carbonyl (C=O) groups is 2. The number of carboxylic acid groups (broad SMARTS) is 1. The minimum Gasteiger partial charge on any atom is -0.480 e. The molecular weight excluding hydrogens is 262 g/mol. The average molecular weight is 285 g/mol. The Hall–Kier alpha value is -0.970. The van der Waals surface area contributed by atoms with Crippen LogP contribution < -0.4 is 5.32 Å². The van der Waals surface area contributed by atoms with Crippen LogP contribution in [-0.4, -0.2) is 34.5 Å². The van der Waals surface area contributed by atoms with Crippen molar-refractivity contribution in [1.29, 1.82) is 0 Å². The van der Waals surface area contributed by atoms with Gasteiger partial charge in [0.15, 0.2) is 0 Å². The number of carboxylic acids is 1. The molecule has 1 rings (SSSR count). The van der Waals surface area contributed by atoms with Crippen LogP contribution in [0.1, 0.15) is 45.4 Å². The molecule has 1 unspecified atom stereocenters. The maximum atomic E-state index is 11.6. The van der Waals surface area contributed by atoms with E-state index in [1.165, 1.54) is 30.2 Å². The van der Waals surface area contributed by atoms with Gasteiger partial charge < -0.3 is 10.4 Å². The topological polar surface area (TPSA) is 66.4 Å². The fraction of sp³-hybridized carbons (Fsp3) is 0.714. The van der Waals surface area contributed by atoms with Gasteiger partial charge in [0.25, 0.3) is 0 Å². The van der Waals surface area contributed by atoms with Gasteiger partial charge in [-0.3, -0.25) is 9.59 Å². The van der Waals surface area contributed by atoms with Crippen LogP contribution in [0.25, 0.3) is 0 Å². The molecule has 0 aromatic heterocycles. The van der Waals surface area contributed by atoms with E-state index in [2.05, 4.69) is 11.4 Å². The summed E-state index contributed by atoms with van der Waals surface area (Å²) in [5.74, 6) is -0.682. The molecule has 0 aromatic rings. The van der Waals surface area contributed by atoms with Gasteiger partial charge >= 0.3 is 5.97 Å². The molecule has 19 heavy (non-hydrogen) atoms. The third-order valence-corrected chi connectivity index (χ3v) is 4.58. The lowest BCUT2D eigenvalue weighted by atomic mass is 9.97. The molecule has 0 saturated carbocycles. The van der Waals surface area contributed by atoms with Crippen LogP contribution in [0, 0.1) is 0 Å². The summed E-state index contributed by atoms with van der Waals surface area (Å²) in [6.45, 7) is 2.48. The monoisotopic (exact) mass is 285 g/mol. The van der Waals surface area contributed by atoms with E-state index in [9.17, 15) is 9.59 Å². The zero-order valence-electron chi connectivity index (χ0n) is 11.5. The summed E-state index contributed by atoms with van der Waals surface area (Å²) in [6.07, 6.45) is 8.60. The maximum Gasteiger partial charge on any atom is 0.316 e. The summed E-state index contributed by atoms with van der Waals surface area (Å²) in [7, 11) is 0. The Morgan fingerprint density at radius 3 is 2.84 bits per heavy atom. The molecule has 2 N–H and O–H groups in total. The first kappa shape index (κ1) is 16.1. The lowest BCUT2D eigenvalue weighted by Gasteiger charge is -2.13. The Kier molecular flexibility index (Phi) is 7.63. The Bertz CT molecular complexity index is 342. The van der Waals surface area contributed by atoms with E-state index in [0.29, 0.717) is 13.0 Å². The van der Waals surface area contributed by atoms with Gasteiger partial charge in [-0.15, -0.1) is 11.8 Å². The van der Waals surface area contributed by atoms with Gasteiger partial charge in [0.1, 0.15) is 5.25 Å². The Balaban J connectivity index is 2.13. The molecule has 0 saturated heterocycles. The number of nitrogens with one attached hydrogen (secondary N) is 1. The molecule has 0 aliphatic heterocycles. The zero-order valence-corrected chi connectivity index (χ0v) is 12.3. The molecule has 1 amide bonds. The molecule has 0 aromatic carbocycles. The second kappa shape index (κ2) is 9.02. The van der Waals surface area contributed by atoms with Crippen LogP contribution in [0.2, 0.25) is 0 Å². The van der Waals surface area contributed by atoms with Crippen molar-refractivity contribution in [2.45, 2.75) is 50.7 Å². The van der Waals surface area contributed by atoms with Crippen molar-refractivity contribution < 1.29 is 14.7 Å². The summed E-state index contributed by atoms with van der Waals surface area (Å²) in [5.41, 5.74) is 1.44. The molecule has 0 heterocycles. The maximum absolute atomic E-state index is 11.6. The van der Waals surface area contributed by atoms with E-state index in [-0.39, 0.29) is 11.7 Å². The number of hydrogen-bond acceptors (Lipinski definition) is 3. The first-order valence-electron chi connectivity index (χ1n) is 6.92. The number of allylic oxidation sites excluding steroid dienone is 1.